The number of hydrogen-bond acceptors (Lipinski definition) is 8. The zero-order valence-electron chi connectivity index (χ0n) is 26.1. The fraction of sp³-hybridized carbons (Fsp3) is 0.455. The molecule has 0 spiro atoms. The number of methoxy groups -OCH3 is 2. The molecule has 1 aliphatic carbocycles. The van der Waals surface area contributed by atoms with E-state index in [0.717, 1.165) is 54.7 Å². The standard InChI is InChI=1S/C17H20N2O2.C16H25NO3S2/c1-18-15-8-7-13(21-2)11-14(15)17(20)19-10-9-12-5-3-4-6-16(12)19;1-16(2,22-21-4)6-5-15(19)17-14-8-12(10-18)7-13(9-14)11-20-3/h4,6-8,11,18H,3,5,9-10H2,1-2H3;7-9,18H,5-6,10-11H2,1-4H3,(H,17,19). The van der Waals surface area contributed by atoms with Crippen LogP contribution in [0.25, 0.3) is 0 Å². The van der Waals surface area contributed by atoms with Crippen molar-refractivity contribution in [2.75, 3.05) is 44.7 Å². The highest BCUT2D eigenvalue weighted by Crippen LogP contribution is 2.37. The van der Waals surface area contributed by atoms with E-state index in [9.17, 15) is 14.7 Å². The molecular weight excluding hydrogens is 583 g/mol. The summed E-state index contributed by atoms with van der Waals surface area (Å²) < 4.78 is 10.4. The van der Waals surface area contributed by atoms with Gasteiger partial charge in [-0.3, -0.25) is 9.59 Å². The van der Waals surface area contributed by atoms with E-state index in [-0.39, 0.29) is 23.2 Å². The van der Waals surface area contributed by atoms with E-state index >= 15 is 0 Å². The van der Waals surface area contributed by atoms with Gasteiger partial charge in [0.05, 0.1) is 25.9 Å². The van der Waals surface area contributed by atoms with E-state index in [1.54, 1.807) is 47.9 Å². The Morgan fingerprint density at radius 1 is 1.09 bits per heavy atom. The Morgan fingerprint density at radius 3 is 2.53 bits per heavy atom. The Kier molecular flexibility index (Phi) is 13.5. The number of anilines is 2. The van der Waals surface area contributed by atoms with E-state index in [0.29, 0.717) is 30.0 Å². The molecule has 10 heteroatoms. The molecule has 2 aromatic rings. The van der Waals surface area contributed by atoms with Gasteiger partial charge in [0, 0.05) is 48.9 Å². The first-order chi connectivity index (χ1) is 20.6. The molecule has 0 bridgehead atoms. The molecule has 0 saturated heterocycles. The largest absolute Gasteiger partial charge is 0.497 e. The fourth-order valence-electron chi connectivity index (χ4n) is 5.08. The Balaban J connectivity index is 0.000000235. The molecule has 234 valence electrons. The minimum absolute atomic E-state index is 0.00626. The van der Waals surface area contributed by atoms with Gasteiger partial charge in [0.2, 0.25) is 5.91 Å². The number of carbonyl (C=O) groups excluding carboxylic acids is 2. The average molecular weight is 628 g/mol. The van der Waals surface area contributed by atoms with Gasteiger partial charge in [-0.1, -0.05) is 33.7 Å². The summed E-state index contributed by atoms with van der Waals surface area (Å²) >= 11 is 0. The van der Waals surface area contributed by atoms with E-state index < -0.39 is 0 Å². The number of amides is 2. The number of benzene rings is 2. The van der Waals surface area contributed by atoms with Crippen LogP contribution in [0, 0.1) is 0 Å². The molecule has 0 radical (unpaired) electrons. The summed E-state index contributed by atoms with van der Waals surface area (Å²) in [6, 6.07) is 11.1. The van der Waals surface area contributed by atoms with Crippen LogP contribution in [0.1, 0.15) is 67.4 Å². The maximum Gasteiger partial charge on any atom is 0.260 e. The minimum atomic E-state index is -0.0577. The van der Waals surface area contributed by atoms with Crippen molar-refractivity contribution in [2.45, 2.75) is 63.9 Å². The highest BCUT2D eigenvalue weighted by molar-refractivity contribution is 8.76. The lowest BCUT2D eigenvalue weighted by molar-refractivity contribution is -0.116. The van der Waals surface area contributed by atoms with Crippen molar-refractivity contribution in [3.05, 3.63) is 76.5 Å². The molecule has 1 aliphatic heterocycles. The van der Waals surface area contributed by atoms with Crippen LogP contribution < -0.4 is 15.4 Å². The van der Waals surface area contributed by atoms with E-state index in [2.05, 4.69) is 36.6 Å². The molecule has 43 heavy (non-hydrogen) atoms. The number of nitrogens with one attached hydrogen (secondary N) is 2. The van der Waals surface area contributed by atoms with Crippen LogP contribution in [-0.2, 0) is 22.7 Å². The molecule has 8 nitrogen and oxygen atoms in total. The predicted octanol–water partition coefficient (Wildman–Crippen LogP) is 7.02. The van der Waals surface area contributed by atoms with E-state index in [4.69, 9.17) is 9.47 Å². The van der Waals surface area contributed by atoms with Crippen molar-refractivity contribution >= 4 is 44.8 Å². The first kappa shape index (κ1) is 34.6. The minimum Gasteiger partial charge on any atom is -0.497 e. The molecule has 0 aromatic heterocycles. The van der Waals surface area contributed by atoms with Crippen molar-refractivity contribution in [3.63, 3.8) is 0 Å². The first-order valence-corrected chi connectivity index (χ1v) is 17.0. The number of aliphatic hydroxyl groups is 1. The van der Waals surface area contributed by atoms with Crippen LogP contribution in [0.5, 0.6) is 5.75 Å². The van der Waals surface area contributed by atoms with Crippen molar-refractivity contribution in [3.8, 4) is 5.75 Å². The molecular formula is C33H45N3O5S2. The average Bonchev–Trinajstić information content (AvgIpc) is 3.44. The molecule has 0 unspecified atom stereocenters. The fourth-order valence-corrected chi connectivity index (χ4v) is 7.32. The van der Waals surface area contributed by atoms with Crippen molar-refractivity contribution in [2.24, 2.45) is 0 Å². The lowest BCUT2D eigenvalue weighted by Crippen LogP contribution is -2.28. The van der Waals surface area contributed by atoms with Crippen molar-refractivity contribution in [1.29, 1.82) is 0 Å². The van der Waals surface area contributed by atoms with Crippen LogP contribution in [0.3, 0.4) is 0 Å². The molecule has 2 amide bonds. The molecule has 4 rings (SSSR count). The van der Waals surface area contributed by atoms with Gasteiger partial charge in [-0.25, -0.2) is 0 Å². The number of nitrogens with zero attached hydrogens (tertiary/aromatic N) is 1. The third kappa shape index (κ3) is 10.1. The lowest BCUT2D eigenvalue weighted by Gasteiger charge is -2.22. The molecule has 1 heterocycles. The molecule has 3 N–H and O–H groups in total. The van der Waals surface area contributed by atoms with Crippen LogP contribution >= 0.6 is 21.6 Å². The van der Waals surface area contributed by atoms with Gasteiger partial charge in [-0.15, -0.1) is 0 Å². The summed E-state index contributed by atoms with van der Waals surface area (Å²) in [6.45, 7) is 5.45. The third-order valence-corrected chi connectivity index (χ3v) is 9.92. The summed E-state index contributed by atoms with van der Waals surface area (Å²) in [5.74, 6) is 0.730. The van der Waals surface area contributed by atoms with Crippen molar-refractivity contribution in [1.82, 2.24) is 4.90 Å². The first-order valence-electron chi connectivity index (χ1n) is 14.4. The van der Waals surface area contributed by atoms with Gasteiger partial charge in [-0.2, -0.15) is 0 Å². The van der Waals surface area contributed by atoms with Gasteiger partial charge in [0.25, 0.3) is 5.91 Å². The summed E-state index contributed by atoms with van der Waals surface area (Å²) in [5.41, 5.74) is 6.39. The highest BCUT2D eigenvalue weighted by Gasteiger charge is 2.29. The summed E-state index contributed by atoms with van der Waals surface area (Å²) in [7, 11) is 8.57. The lowest BCUT2D eigenvalue weighted by atomic mass is 10.0. The zero-order valence-corrected chi connectivity index (χ0v) is 27.8. The predicted molar refractivity (Wildman–Crippen MR) is 180 cm³/mol. The van der Waals surface area contributed by atoms with Gasteiger partial charge in [-0.05, 0) is 98.9 Å². The number of carbonyl (C=O) groups is 2. The second-order valence-electron chi connectivity index (χ2n) is 11.0. The smallest absolute Gasteiger partial charge is 0.260 e. The van der Waals surface area contributed by atoms with E-state index in [1.165, 1.54) is 5.57 Å². The Bertz CT molecular complexity index is 1330. The monoisotopic (exact) mass is 627 g/mol. The molecule has 2 aromatic carbocycles. The summed E-state index contributed by atoms with van der Waals surface area (Å²) in [6.07, 6.45) is 10.7. The topological polar surface area (TPSA) is 100 Å². The van der Waals surface area contributed by atoms with Gasteiger partial charge >= 0.3 is 0 Å². The van der Waals surface area contributed by atoms with Crippen LogP contribution in [0.2, 0.25) is 0 Å². The van der Waals surface area contributed by atoms with Crippen LogP contribution in [0.4, 0.5) is 11.4 Å². The maximum absolute atomic E-state index is 12.9. The molecule has 0 fully saturated rings. The normalized spacial score (nSPS) is 14.2. The quantitative estimate of drug-likeness (QED) is 0.216. The number of allylic oxidation sites excluding steroid dienone is 2. The van der Waals surface area contributed by atoms with Crippen LogP contribution in [0.15, 0.2) is 59.8 Å². The number of rotatable bonds is 12. The highest BCUT2D eigenvalue weighted by atomic mass is 33.1. The zero-order chi connectivity index (χ0) is 31.4. The van der Waals surface area contributed by atoms with Gasteiger partial charge < -0.3 is 30.1 Å². The summed E-state index contributed by atoms with van der Waals surface area (Å²) in [4.78, 5) is 26.9. The number of hydrogen-bond donors (Lipinski definition) is 3. The Hall–Kier alpha value is -2.92. The van der Waals surface area contributed by atoms with Crippen molar-refractivity contribution < 1.29 is 24.2 Å². The molecule has 0 saturated carbocycles. The van der Waals surface area contributed by atoms with E-state index in [1.807, 2.05) is 42.5 Å². The van der Waals surface area contributed by atoms with Gasteiger partial charge in [0.15, 0.2) is 0 Å². The van der Waals surface area contributed by atoms with Crippen LogP contribution in [-0.4, -0.2) is 60.6 Å². The maximum atomic E-state index is 12.9. The van der Waals surface area contributed by atoms with Gasteiger partial charge in [0.1, 0.15) is 5.75 Å². The molecule has 0 atom stereocenters. The SMILES string of the molecule is CNc1ccc(OC)cc1C(=O)N1CCC2=C1C=CCC2.COCc1cc(CO)cc(NC(=O)CCC(C)(C)SSC)c1. The Morgan fingerprint density at radius 2 is 1.86 bits per heavy atom. The second-order valence-corrected chi connectivity index (χ2v) is 14.1. The Labute approximate surface area is 264 Å². The number of aliphatic hydroxyl groups excluding tert-OH is 1. The second kappa shape index (κ2) is 16.8. The number of ether oxygens (including phenoxy) is 2. The molecule has 2 aliphatic rings. The summed E-state index contributed by atoms with van der Waals surface area (Å²) in [5, 5.41) is 15.3. The third-order valence-electron chi connectivity index (χ3n) is 7.24.